The summed E-state index contributed by atoms with van der Waals surface area (Å²) in [7, 11) is 0. The summed E-state index contributed by atoms with van der Waals surface area (Å²) in [6.45, 7) is 0.521. The minimum absolute atomic E-state index is 0.196. The standard InChI is InChI=1S/C23H24N4O4/c24-13-10-17-6-8-20(9-7-17)25-21(28)16-31-22(29)18-11-14-27(15-12-18)23(30)26-19-4-2-1-3-5-19/h1-9,18H,10-12,14-16H2,(H,25,28)(H,26,30). The first kappa shape index (κ1) is 21.8. The third-order valence-electron chi connectivity index (χ3n) is 5.01. The number of para-hydroxylation sites is 1. The lowest BCUT2D eigenvalue weighted by molar-refractivity contribution is -0.152. The topological polar surface area (TPSA) is 112 Å². The van der Waals surface area contributed by atoms with E-state index in [1.54, 1.807) is 29.2 Å². The number of esters is 1. The van der Waals surface area contributed by atoms with Crippen LogP contribution in [0.5, 0.6) is 0 Å². The number of carbonyl (C=O) groups excluding carboxylic acids is 3. The molecule has 2 N–H and O–H groups in total. The van der Waals surface area contributed by atoms with Gasteiger partial charge in [-0.25, -0.2) is 4.79 Å². The Hall–Kier alpha value is -3.86. The highest BCUT2D eigenvalue weighted by Crippen LogP contribution is 2.20. The molecule has 1 saturated heterocycles. The van der Waals surface area contributed by atoms with Gasteiger partial charge in [-0.05, 0) is 42.7 Å². The summed E-state index contributed by atoms with van der Waals surface area (Å²) in [6.07, 6.45) is 1.28. The molecule has 8 heteroatoms. The second-order valence-electron chi connectivity index (χ2n) is 7.25. The zero-order chi connectivity index (χ0) is 22.1. The van der Waals surface area contributed by atoms with E-state index in [1.165, 1.54) is 0 Å². The lowest BCUT2D eigenvalue weighted by atomic mass is 9.97. The van der Waals surface area contributed by atoms with Gasteiger partial charge in [-0.2, -0.15) is 5.26 Å². The molecule has 8 nitrogen and oxygen atoms in total. The minimum atomic E-state index is -0.430. The van der Waals surface area contributed by atoms with Gasteiger partial charge in [0.15, 0.2) is 6.61 Å². The van der Waals surface area contributed by atoms with Crippen LogP contribution >= 0.6 is 0 Å². The lowest BCUT2D eigenvalue weighted by Gasteiger charge is -2.30. The van der Waals surface area contributed by atoms with E-state index in [-0.39, 0.29) is 18.6 Å². The fourth-order valence-electron chi connectivity index (χ4n) is 3.29. The first-order valence-electron chi connectivity index (χ1n) is 10.1. The van der Waals surface area contributed by atoms with E-state index >= 15 is 0 Å². The molecule has 0 unspecified atom stereocenters. The van der Waals surface area contributed by atoms with Gasteiger partial charge in [0, 0.05) is 24.5 Å². The van der Waals surface area contributed by atoms with E-state index < -0.39 is 11.9 Å². The van der Waals surface area contributed by atoms with Gasteiger partial charge >= 0.3 is 12.0 Å². The van der Waals surface area contributed by atoms with E-state index in [2.05, 4.69) is 16.7 Å². The second kappa shape index (κ2) is 10.8. The Morgan fingerprint density at radius 1 is 0.968 bits per heavy atom. The van der Waals surface area contributed by atoms with Gasteiger partial charge in [-0.1, -0.05) is 30.3 Å². The van der Waals surface area contributed by atoms with Gasteiger partial charge in [0.25, 0.3) is 5.91 Å². The van der Waals surface area contributed by atoms with Crippen LogP contribution in [0, 0.1) is 17.2 Å². The van der Waals surface area contributed by atoms with Crippen molar-refractivity contribution in [2.24, 2.45) is 5.92 Å². The monoisotopic (exact) mass is 420 g/mol. The number of nitriles is 1. The van der Waals surface area contributed by atoms with E-state index in [1.807, 2.05) is 30.3 Å². The summed E-state index contributed by atoms with van der Waals surface area (Å²) < 4.78 is 5.16. The third-order valence-corrected chi connectivity index (χ3v) is 5.01. The average Bonchev–Trinajstić information content (AvgIpc) is 2.80. The Kier molecular flexibility index (Phi) is 7.60. The number of ether oxygens (including phenoxy) is 1. The summed E-state index contributed by atoms with van der Waals surface area (Å²) in [6, 6.07) is 18.0. The number of piperidine rings is 1. The molecule has 0 atom stereocenters. The highest BCUT2D eigenvalue weighted by molar-refractivity contribution is 5.93. The van der Waals surface area contributed by atoms with Crippen molar-refractivity contribution >= 4 is 29.3 Å². The van der Waals surface area contributed by atoms with Crippen molar-refractivity contribution in [3.63, 3.8) is 0 Å². The SMILES string of the molecule is N#CCc1ccc(NC(=O)COC(=O)C2CCN(C(=O)Nc3ccccc3)CC2)cc1. The highest BCUT2D eigenvalue weighted by atomic mass is 16.5. The van der Waals surface area contributed by atoms with Crippen molar-refractivity contribution in [1.29, 1.82) is 5.26 Å². The number of benzene rings is 2. The minimum Gasteiger partial charge on any atom is -0.455 e. The Labute approximate surface area is 180 Å². The smallest absolute Gasteiger partial charge is 0.321 e. The van der Waals surface area contributed by atoms with Crippen LogP contribution in [0.4, 0.5) is 16.2 Å². The van der Waals surface area contributed by atoms with Gasteiger partial charge in [0.1, 0.15) is 0 Å². The molecule has 0 radical (unpaired) electrons. The molecule has 0 bridgehead atoms. The summed E-state index contributed by atoms with van der Waals surface area (Å²) >= 11 is 0. The van der Waals surface area contributed by atoms with Crippen molar-refractivity contribution in [3.8, 4) is 6.07 Å². The van der Waals surface area contributed by atoms with Crippen LogP contribution in [0.2, 0.25) is 0 Å². The zero-order valence-electron chi connectivity index (χ0n) is 17.0. The largest absolute Gasteiger partial charge is 0.455 e. The molecule has 1 aliphatic heterocycles. The number of hydrogen-bond donors (Lipinski definition) is 2. The van der Waals surface area contributed by atoms with Crippen LogP contribution in [-0.2, 0) is 20.7 Å². The van der Waals surface area contributed by atoms with Crippen LogP contribution in [0.1, 0.15) is 18.4 Å². The molecular formula is C23H24N4O4. The van der Waals surface area contributed by atoms with Crippen LogP contribution in [0.25, 0.3) is 0 Å². The summed E-state index contributed by atoms with van der Waals surface area (Å²) in [5.74, 6) is -1.19. The highest BCUT2D eigenvalue weighted by Gasteiger charge is 2.28. The predicted octanol–water partition coefficient (Wildman–Crippen LogP) is 3.18. The summed E-state index contributed by atoms with van der Waals surface area (Å²) in [4.78, 5) is 38.3. The quantitative estimate of drug-likeness (QED) is 0.697. The van der Waals surface area contributed by atoms with Crippen LogP contribution < -0.4 is 10.6 Å². The molecule has 1 aliphatic rings. The van der Waals surface area contributed by atoms with Gasteiger partial charge in [0.2, 0.25) is 0 Å². The molecular weight excluding hydrogens is 396 g/mol. The van der Waals surface area contributed by atoms with Gasteiger partial charge in [0.05, 0.1) is 18.4 Å². The van der Waals surface area contributed by atoms with Crippen molar-refractivity contribution in [2.75, 3.05) is 30.3 Å². The molecule has 160 valence electrons. The van der Waals surface area contributed by atoms with E-state index in [4.69, 9.17) is 10.00 Å². The molecule has 0 aliphatic carbocycles. The fraction of sp³-hybridized carbons (Fsp3) is 0.304. The van der Waals surface area contributed by atoms with Crippen molar-refractivity contribution in [3.05, 3.63) is 60.2 Å². The predicted molar refractivity (Wildman–Crippen MR) is 115 cm³/mol. The van der Waals surface area contributed by atoms with Gasteiger partial charge in [-0.15, -0.1) is 0 Å². The molecule has 3 rings (SSSR count). The number of carbonyl (C=O) groups is 3. The number of likely N-dealkylation sites (tertiary alicyclic amines) is 1. The number of anilines is 2. The maximum Gasteiger partial charge on any atom is 0.321 e. The molecule has 3 amide bonds. The number of rotatable bonds is 6. The molecule has 0 spiro atoms. The molecule has 1 fully saturated rings. The van der Waals surface area contributed by atoms with Crippen molar-refractivity contribution < 1.29 is 19.1 Å². The first-order chi connectivity index (χ1) is 15.0. The normalized spacial score (nSPS) is 13.7. The molecule has 2 aromatic rings. The number of nitrogens with one attached hydrogen (secondary N) is 2. The van der Waals surface area contributed by atoms with Gasteiger partial charge in [-0.3, -0.25) is 9.59 Å². The van der Waals surface area contributed by atoms with Crippen LogP contribution in [-0.4, -0.2) is 42.5 Å². The maximum absolute atomic E-state index is 12.3. The fourth-order valence-corrected chi connectivity index (χ4v) is 3.29. The van der Waals surface area contributed by atoms with Crippen molar-refractivity contribution in [1.82, 2.24) is 4.90 Å². The Morgan fingerprint density at radius 3 is 2.26 bits per heavy atom. The molecule has 0 saturated carbocycles. The molecule has 1 heterocycles. The Bertz CT molecular complexity index is 946. The Morgan fingerprint density at radius 2 is 1.61 bits per heavy atom. The van der Waals surface area contributed by atoms with E-state index in [0.29, 0.717) is 38.0 Å². The number of urea groups is 1. The third kappa shape index (κ3) is 6.57. The van der Waals surface area contributed by atoms with E-state index in [0.717, 1.165) is 11.3 Å². The average molecular weight is 420 g/mol. The summed E-state index contributed by atoms with van der Waals surface area (Å²) in [5, 5.41) is 14.2. The number of nitrogens with zero attached hydrogens (tertiary/aromatic N) is 2. The van der Waals surface area contributed by atoms with E-state index in [9.17, 15) is 14.4 Å². The van der Waals surface area contributed by atoms with Crippen molar-refractivity contribution in [2.45, 2.75) is 19.3 Å². The zero-order valence-corrected chi connectivity index (χ0v) is 17.0. The number of hydrogen-bond acceptors (Lipinski definition) is 5. The van der Waals surface area contributed by atoms with Crippen LogP contribution in [0.3, 0.4) is 0 Å². The summed E-state index contributed by atoms with van der Waals surface area (Å²) in [5.41, 5.74) is 2.15. The Balaban J connectivity index is 1.38. The second-order valence-corrected chi connectivity index (χ2v) is 7.25. The maximum atomic E-state index is 12.3. The molecule has 2 aromatic carbocycles. The van der Waals surface area contributed by atoms with Crippen LogP contribution in [0.15, 0.2) is 54.6 Å². The lowest BCUT2D eigenvalue weighted by Crippen LogP contribution is -2.43. The number of amides is 3. The molecule has 31 heavy (non-hydrogen) atoms. The van der Waals surface area contributed by atoms with Gasteiger partial charge < -0.3 is 20.3 Å². The molecule has 0 aromatic heterocycles. The first-order valence-corrected chi connectivity index (χ1v) is 10.1.